The van der Waals surface area contributed by atoms with Crippen LogP contribution in [0.1, 0.15) is 13.8 Å². The third-order valence-corrected chi connectivity index (χ3v) is 3.14. The number of amides is 2. The molecule has 1 N–H and O–H groups in total. The van der Waals surface area contributed by atoms with Crippen LogP contribution in [0.2, 0.25) is 0 Å². The Hall–Kier alpha value is -1.24. The average molecular weight is 279 g/mol. The standard InChI is InChI=1S/C12H20F3N3O/c1-4-9(2)16-11(19)17-5-6-18(10(3)7-17)8-12(13,14)15/h4,9-10H,1,5-8H2,2-3H3,(H,16,19)/t9-,10-/m0/s1. The molecule has 0 bridgehead atoms. The Bertz CT molecular complexity index is 333. The molecule has 2 amide bonds. The summed E-state index contributed by atoms with van der Waals surface area (Å²) in [5.41, 5.74) is 0. The highest BCUT2D eigenvalue weighted by atomic mass is 19.4. The minimum Gasteiger partial charge on any atom is -0.332 e. The molecule has 0 unspecified atom stereocenters. The highest BCUT2D eigenvalue weighted by Gasteiger charge is 2.35. The highest BCUT2D eigenvalue weighted by Crippen LogP contribution is 2.20. The van der Waals surface area contributed by atoms with Crippen LogP contribution >= 0.6 is 0 Å². The lowest BCUT2D eigenvalue weighted by Gasteiger charge is -2.40. The minimum atomic E-state index is -4.20. The lowest BCUT2D eigenvalue weighted by Crippen LogP contribution is -2.58. The fourth-order valence-electron chi connectivity index (χ4n) is 1.99. The van der Waals surface area contributed by atoms with Crippen molar-refractivity contribution < 1.29 is 18.0 Å². The first-order valence-corrected chi connectivity index (χ1v) is 6.21. The molecule has 4 nitrogen and oxygen atoms in total. The summed E-state index contributed by atoms with van der Waals surface area (Å²) < 4.78 is 37.0. The van der Waals surface area contributed by atoms with Crippen LogP contribution in [0.4, 0.5) is 18.0 Å². The van der Waals surface area contributed by atoms with Crippen LogP contribution in [-0.2, 0) is 0 Å². The van der Waals surface area contributed by atoms with Gasteiger partial charge in [-0.2, -0.15) is 13.2 Å². The first-order chi connectivity index (χ1) is 8.73. The maximum Gasteiger partial charge on any atom is 0.401 e. The molecule has 0 aromatic heterocycles. The molecule has 1 rings (SSSR count). The number of nitrogens with one attached hydrogen (secondary N) is 1. The molecule has 19 heavy (non-hydrogen) atoms. The van der Waals surface area contributed by atoms with Gasteiger partial charge in [-0.3, -0.25) is 4.90 Å². The van der Waals surface area contributed by atoms with Gasteiger partial charge in [-0.25, -0.2) is 4.79 Å². The monoisotopic (exact) mass is 279 g/mol. The second-order valence-corrected chi connectivity index (χ2v) is 4.85. The molecule has 0 aromatic rings. The Kier molecular flexibility index (Phi) is 5.22. The van der Waals surface area contributed by atoms with Gasteiger partial charge in [-0.1, -0.05) is 6.08 Å². The normalized spacial score (nSPS) is 23.0. The Morgan fingerprint density at radius 3 is 2.63 bits per heavy atom. The first-order valence-electron chi connectivity index (χ1n) is 6.21. The zero-order valence-electron chi connectivity index (χ0n) is 11.2. The zero-order chi connectivity index (χ0) is 14.6. The largest absolute Gasteiger partial charge is 0.401 e. The fraction of sp³-hybridized carbons (Fsp3) is 0.750. The van der Waals surface area contributed by atoms with Crippen molar-refractivity contribution in [3.05, 3.63) is 12.7 Å². The van der Waals surface area contributed by atoms with Gasteiger partial charge in [0.15, 0.2) is 0 Å². The molecule has 1 aliphatic rings. The van der Waals surface area contributed by atoms with Crippen molar-refractivity contribution in [3.8, 4) is 0 Å². The van der Waals surface area contributed by atoms with Crippen molar-refractivity contribution >= 4 is 6.03 Å². The van der Waals surface area contributed by atoms with E-state index >= 15 is 0 Å². The first kappa shape index (κ1) is 15.8. The second kappa shape index (κ2) is 6.27. The van der Waals surface area contributed by atoms with E-state index in [1.54, 1.807) is 19.9 Å². The minimum absolute atomic E-state index is 0.156. The molecule has 0 saturated carbocycles. The van der Waals surface area contributed by atoms with Crippen LogP contribution < -0.4 is 5.32 Å². The van der Waals surface area contributed by atoms with E-state index in [4.69, 9.17) is 0 Å². The summed E-state index contributed by atoms with van der Waals surface area (Å²) in [6.07, 6.45) is -2.60. The number of halogens is 3. The van der Waals surface area contributed by atoms with Crippen molar-refractivity contribution in [2.45, 2.75) is 32.1 Å². The molecule has 0 radical (unpaired) electrons. The van der Waals surface area contributed by atoms with Gasteiger partial charge in [-0.05, 0) is 13.8 Å². The lowest BCUT2D eigenvalue weighted by atomic mass is 10.2. The van der Waals surface area contributed by atoms with Crippen LogP contribution in [0.15, 0.2) is 12.7 Å². The van der Waals surface area contributed by atoms with E-state index in [-0.39, 0.29) is 24.7 Å². The molecule has 1 saturated heterocycles. The summed E-state index contributed by atoms with van der Waals surface area (Å²) in [7, 11) is 0. The summed E-state index contributed by atoms with van der Waals surface area (Å²) >= 11 is 0. The molecule has 1 heterocycles. The molecule has 1 fully saturated rings. The van der Waals surface area contributed by atoms with Crippen LogP contribution in [0.5, 0.6) is 0 Å². The van der Waals surface area contributed by atoms with Gasteiger partial charge in [0.2, 0.25) is 0 Å². The number of nitrogens with zero attached hydrogens (tertiary/aromatic N) is 2. The fourth-order valence-corrected chi connectivity index (χ4v) is 1.99. The summed E-state index contributed by atoms with van der Waals surface area (Å²) in [5.74, 6) is 0. The van der Waals surface area contributed by atoms with Gasteiger partial charge < -0.3 is 10.2 Å². The van der Waals surface area contributed by atoms with Crippen LogP contribution in [0.25, 0.3) is 0 Å². The van der Waals surface area contributed by atoms with E-state index in [1.165, 1.54) is 9.80 Å². The van der Waals surface area contributed by atoms with Crippen molar-refractivity contribution in [2.75, 3.05) is 26.2 Å². The third kappa shape index (κ3) is 5.10. The summed E-state index contributed by atoms with van der Waals surface area (Å²) in [6.45, 7) is 6.95. The number of piperazine rings is 1. The second-order valence-electron chi connectivity index (χ2n) is 4.85. The predicted molar refractivity (Wildman–Crippen MR) is 66.9 cm³/mol. The van der Waals surface area contributed by atoms with E-state index < -0.39 is 12.7 Å². The number of hydrogen-bond donors (Lipinski definition) is 1. The van der Waals surface area contributed by atoms with Gasteiger partial charge in [0.1, 0.15) is 0 Å². The molecule has 0 aromatic carbocycles. The number of urea groups is 1. The van der Waals surface area contributed by atoms with E-state index in [0.29, 0.717) is 13.1 Å². The Morgan fingerprint density at radius 1 is 1.53 bits per heavy atom. The summed E-state index contributed by atoms with van der Waals surface area (Å²) in [6, 6.07) is -0.720. The maximum atomic E-state index is 12.3. The lowest BCUT2D eigenvalue weighted by molar-refractivity contribution is -0.153. The summed E-state index contributed by atoms with van der Waals surface area (Å²) in [4.78, 5) is 14.7. The number of rotatable bonds is 3. The van der Waals surface area contributed by atoms with E-state index in [0.717, 1.165) is 0 Å². The zero-order valence-corrected chi connectivity index (χ0v) is 11.2. The number of carbonyl (C=O) groups is 1. The molecular weight excluding hydrogens is 259 g/mol. The topological polar surface area (TPSA) is 35.6 Å². The van der Waals surface area contributed by atoms with Crippen molar-refractivity contribution in [1.82, 2.24) is 15.1 Å². The van der Waals surface area contributed by atoms with Crippen LogP contribution in [0, 0.1) is 0 Å². The average Bonchev–Trinajstić information content (AvgIpc) is 2.29. The summed E-state index contributed by atoms with van der Waals surface area (Å²) in [5, 5.41) is 2.71. The highest BCUT2D eigenvalue weighted by molar-refractivity contribution is 5.74. The van der Waals surface area contributed by atoms with Gasteiger partial charge >= 0.3 is 12.2 Å². The van der Waals surface area contributed by atoms with Gasteiger partial charge in [-0.15, -0.1) is 6.58 Å². The number of hydrogen-bond acceptors (Lipinski definition) is 2. The van der Waals surface area contributed by atoms with Crippen molar-refractivity contribution in [3.63, 3.8) is 0 Å². The number of carbonyl (C=O) groups excluding carboxylic acids is 1. The SMILES string of the molecule is C=C[C@H](C)NC(=O)N1CCN(CC(F)(F)F)[C@@H](C)C1. The smallest absolute Gasteiger partial charge is 0.332 e. The van der Waals surface area contributed by atoms with Crippen LogP contribution in [-0.4, -0.2) is 60.3 Å². The Balaban J connectivity index is 2.49. The Morgan fingerprint density at radius 2 is 2.16 bits per heavy atom. The van der Waals surface area contributed by atoms with E-state index in [2.05, 4.69) is 11.9 Å². The van der Waals surface area contributed by atoms with Gasteiger partial charge in [0.25, 0.3) is 0 Å². The number of alkyl halides is 3. The Labute approximate surface area is 111 Å². The maximum absolute atomic E-state index is 12.3. The van der Waals surface area contributed by atoms with Gasteiger partial charge in [0.05, 0.1) is 6.54 Å². The van der Waals surface area contributed by atoms with Gasteiger partial charge in [0, 0.05) is 31.7 Å². The van der Waals surface area contributed by atoms with Crippen molar-refractivity contribution in [2.24, 2.45) is 0 Å². The molecule has 0 spiro atoms. The third-order valence-electron chi connectivity index (χ3n) is 3.14. The molecule has 1 aliphatic heterocycles. The molecule has 110 valence electrons. The predicted octanol–water partition coefficient (Wildman–Crippen LogP) is 1.84. The van der Waals surface area contributed by atoms with E-state index in [1.807, 2.05) is 0 Å². The van der Waals surface area contributed by atoms with Crippen LogP contribution in [0.3, 0.4) is 0 Å². The molecule has 2 atom stereocenters. The quantitative estimate of drug-likeness (QED) is 0.800. The molecule has 7 heteroatoms. The molecule has 0 aliphatic carbocycles. The van der Waals surface area contributed by atoms with Crippen molar-refractivity contribution in [1.29, 1.82) is 0 Å². The molecular formula is C12H20F3N3O. The van der Waals surface area contributed by atoms with E-state index in [9.17, 15) is 18.0 Å².